The first-order chi connectivity index (χ1) is 12.8. The second kappa shape index (κ2) is 5.43. The highest BCUT2D eigenvalue weighted by atomic mass is 32.2. The van der Waals surface area contributed by atoms with Gasteiger partial charge in [-0.1, -0.05) is 35.9 Å². The smallest absolute Gasteiger partial charge is 0.223 e. The maximum Gasteiger partial charge on any atom is 0.243 e. The Kier molecular flexibility index (Phi) is 3.50. The van der Waals surface area contributed by atoms with Crippen molar-refractivity contribution in [2.75, 3.05) is 0 Å². The van der Waals surface area contributed by atoms with Crippen LogP contribution in [-0.2, 0) is 19.9 Å². The van der Waals surface area contributed by atoms with Crippen LogP contribution in [0.4, 0.5) is 0 Å². The molecule has 0 spiro atoms. The summed E-state index contributed by atoms with van der Waals surface area (Å²) in [6.07, 6.45) is 2.07. The number of hydrogen-bond acceptors (Lipinski definition) is 4. The SMILES string of the molecule is Cc1ccc(S(=O)(=O)N2[C@H]3[C@@H]2CC[C@H]2C[C@]23S(=O)(=O)c2ccccc2)cc1. The van der Waals surface area contributed by atoms with Gasteiger partial charge in [-0.2, -0.15) is 4.31 Å². The first-order valence-electron chi connectivity index (χ1n) is 9.20. The first-order valence-corrected chi connectivity index (χ1v) is 12.1. The summed E-state index contributed by atoms with van der Waals surface area (Å²) in [5.74, 6) is 0.0576. The van der Waals surface area contributed by atoms with Gasteiger partial charge in [-0.05, 0) is 56.4 Å². The van der Waals surface area contributed by atoms with Crippen molar-refractivity contribution in [3.05, 3.63) is 60.2 Å². The van der Waals surface area contributed by atoms with Crippen molar-refractivity contribution in [2.45, 2.75) is 52.8 Å². The number of aryl methyl sites for hydroxylation is 1. The summed E-state index contributed by atoms with van der Waals surface area (Å²) in [4.78, 5) is 0.541. The summed E-state index contributed by atoms with van der Waals surface area (Å²) in [6, 6.07) is 14.6. The molecule has 1 aliphatic heterocycles. The Morgan fingerprint density at radius 1 is 0.889 bits per heavy atom. The molecule has 2 aliphatic carbocycles. The molecule has 0 aromatic heterocycles. The van der Waals surface area contributed by atoms with Gasteiger partial charge in [-0.15, -0.1) is 0 Å². The zero-order chi connectivity index (χ0) is 19.0. The number of rotatable bonds is 4. The largest absolute Gasteiger partial charge is 0.243 e. The number of fused-ring (bicyclic) bond motifs is 3. The third-order valence-corrected chi connectivity index (χ3v) is 11.0. The highest BCUT2D eigenvalue weighted by molar-refractivity contribution is 7.93. The third-order valence-electron chi connectivity index (χ3n) is 6.43. The molecule has 3 fully saturated rings. The van der Waals surface area contributed by atoms with Crippen LogP contribution in [-0.4, -0.2) is 38.0 Å². The molecule has 5 nitrogen and oxygen atoms in total. The molecule has 0 N–H and O–H groups in total. The second-order valence-corrected chi connectivity index (χ2v) is 12.0. The third kappa shape index (κ3) is 2.25. The summed E-state index contributed by atoms with van der Waals surface area (Å²) in [6.45, 7) is 1.91. The maximum atomic E-state index is 13.4. The van der Waals surface area contributed by atoms with Gasteiger partial charge in [0.05, 0.1) is 20.6 Å². The van der Waals surface area contributed by atoms with Crippen LogP contribution >= 0.6 is 0 Å². The molecule has 1 heterocycles. The minimum absolute atomic E-state index is 0.0576. The predicted octanol–water partition coefficient (Wildman–Crippen LogP) is 2.76. The standard InChI is InChI=1S/C20H21NO4S2/c1-14-7-10-17(11-8-14)27(24,25)21-18-12-9-15-13-20(15,19(18)21)26(22,23)16-5-3-2-4-6-16/h2-8,10-11,15,18-19H,9,12-13H2,1H3/t15-,18-,19-,20-,21?/m0/s1. The van der Waals surface area contributed by atoms with Gasteiger partial charge in [0.15, 0.2) is 9.84 Å². The molecule has 1 saturated heterocycles. The van der Waals surface area contributed by atoms with Gasteiger partial charge in [0, 0.05) is 6.04 Å². The molecular formula is C20H21NO4S2. The van der Waals surface area contributed by atoms with E-state index in [9.17, 15) is 16.8 Å². The second-order valence-electron chi connectivity index (χ2n) is 7.91. The monoisotopic (exact) mass is 403 g/mol. The van der Waals surface area contributed by atoms with Crippen molar-refractivity contribution >= 4 is 19.9 Å². The van der Waals surface area contributed by atoms with E-state index in [-0.39, 0.29) is 16.9 Å². The molecule has 0 bridgehead atoms. The van der Waals surface area contributed by atoms with Gasteiger partial charge >= 0.3 is 0 Å². The highest BCUT2D eigenvalue weighted by Crippen LogP contribution is 2.68. The maximum absolute atomic E-state index is 13.4. The molecule has 142 valence electrons. The molecule has 3 aliphatic rings. The molecule has 5 rings (SSSR count). The van der Waals surface area contributed by atoms with Crippen molar-refractivity contribution in [2.24, 2.45) is 5.92 Å². The fourth-order valence-electron chi connectivity index (χ4n) is 4.96. The van der Waals surface area contributed by atoms with Crippen molar-refractivity contribution in [1.82, 2.24) is 4.31 Å². The highest BCUT2D eigenvalue weighted by Gasteiger charge is 2.80. The van der Waals surface area contributed by atoms with Gasteiger partial charge in [0.1, 0.15) is 0 Å². The quantitative estimate of drug-likeness (QED) is 0.736. The van der Waals surface area contributed by atoms with Crippen molar-refractivity contribution < 1.29 is 16.8 Å². The fourth-order valence-corrected chi connectivity index (χ4v) is 9.42. The predicted molar refractivity (Wildman–Crippen MR) is 101 cm³/mol. The first kappa shape index (κ1) is 17.4. The van der Waals surface area contributed by atoms with Crippen LogP contribution in [0, 0.1) is 12.8 Å². The lowest BCUT2D eigenvalue weighted by Gasteiger charge is -2.21. The molecule has 0 radical (unpaired) electrons. The van der Waals surface area contributed by atoms with Crippen LogP contribution in [0.5, 0.6) is 0 Å². The zero-order valence-corrected chi connectivity index (χ0v) is 16.6. The van der Waals surface area contributed by atoms with Gasteiger partial charge in [-0.25, -0.2) is 16.8 Å². The van der Waals surface area contributed by atoms with E-state index in [1.807, 2.05) is 6.92 Å². The van der Waals surface area contributed by atoms with Gasteiger partial charge in [0.2, 0.25) is 10.0 Å². The topological polar surface area (TPSA) is 71.3 Å². The van der Waals surface area contributed by atoms with Crippen LogP contribution in [0.1, 0.15) is 24.8 Å². The Morgan fingerprint density at radius 2 is 1.56 bits per heavy atom. The van der Waals surface area contributed by atoms with Gasteiger partial charge < -0.3 is 0 Å². The lowest BCUT2D eigenvalue weighted by atomic mass is 10.0. The van der Waals surface area contributed by atoms with Crippen molar-refractivity contribution in [3.63, 3.8) is 0 Å². The summed E-state index contributed by atoms with van der Waals surface area (Å²) in [5, 5.41) is 0. The molecule has 0 amide bonds. The number of nitrogens with zero attached hydrogens (tertiary/aromatic N) is 1. The molecular weight excluding hydrogens is 382 g/mol. The van der Waals surface area contributed by atoms with Crippen LogP contribution in [0.2, 0.25) is 0 Å². The Labute approximate surface area is 160 Å². The van der Waals surface area contributed by atoms with E-state index >= 15 is 0 Å². The number of hydrogen-bond donors (Lipinski definition) is 0. The average Bonchev–Trinajstić information content (AvgIpc) is 3.53. The molecule has 5 atom stereocenters. The zero-order valence-electron chi connectivity index (χ0n) is 14.9. The lowest BCUT2D eigenvalue weighted by molar-refractivity contribution is 0.517. The van der Waals surface area contributed by atoms with E-state index in [2.05, 4.69) is 0 Å². The van der Waals surface area contributed by atoms with E-state index < -0.39 is 30.6 Å². The molecule has 1 unspecified atom stereocenters. The van der Waals surface area contributed by atoms with Crippen molar-refractivity contribution in [3.8, 4) is 0 Å². The summed E-state index contributed by atoms with van der Waals surface area (Å²) >= 11 is 0. The van der Waals surface area contributed by atoms with Crippen LogP contribution in [0.25, 0.3) is 0 Å². The molecule has 7 heteroatoms. The normalized spacial score (nSPS) is 34.4. The minimum Gasteiger partial charge on any atom is -0.223 e. The van der Waals surface area contributed by atoms with Crippen molar-refractivity contribution in [1.29, 1.82) is 0 Å². The van der Waals surface area contributed by atoms with Gasteiger partial charge in [-0.3, -0.25) is 0 Å². The number of sulfone groups is 1. The fraction of sp³-hybridized carbons (Fsp3) is 0.400. The molecule has 27 heavy (non-hydrogen) atoms. The number of sulfonamides is 1. The summed E-state index contributed by atoms with van der Waals surface area (Å²) < 4.78 is 53.7. The van der Waals surface area contributed by atoms with E-state index in [1.165, 1.54) is 4.31 Å². The minimum atomic E-state index is -3.68. The Morgan fingerprint density at radius 3 is 2.22 bits per heavy atom. The number of benzene rings is 2. The van der Waals surface area contributed by atoms with E-state index in [0.717, 1.165) is 18.4 Å². The Hall–Kier alpha value is -1.70. The van der Waals surface area contributed by atoms with E-state index in [0.29, 0.717) is 11.3 Å². The van der Waals surface area contributed by atoms with E-state index in [4.69, 9.17) is 0 Å². The average molecular weight is 404 g/mol. The molecule has 2 aromatic rings. The summed E-state index contributed by atoms with van der Waals surface area (Å²) in [7, 11) is -7.27. The lowest BCUT2D eigenvalue weighted by Crippen LogP contribution is -2.37. The Bertz CT molecular complexity index is 1110. The van der Waals surface area contributed by atoms with E-state index in [1.54, 1.807) is 54.6 Å². The Balaban J connectivity index is 1.55. The molecule has 2 aromatic carbocycles. The van der Waals surface area contributed by atoms with Crippen LogP contribution < -0.4 is 0 Å². The van der Waals surface area contributed by atoms with Gasteiger partial charge in [0.25, 0.3) is 0 Å². The van der Waals surface area contributed by atoms with Crippen LogP contribution in [0.3, 0.4) is 0 Å². The molecule has 2 saturated carbocycles. The summed E-state index contributed by atoms with van der Waals surface area (Å²) in [5.41, 5.74) is 0.988. The van der Waals surface area contributed by atoms with Crippen LogP contribution in [0.15, 0.2) is 64.4 Å².